The van der Waals surface area contributed by atoms with Crippen LogP contribution in [0.15, 0.2) is 60.8 Å². The lowest BCUT2D eigenvalue weighted by molar-refractivity contribution is -0.305. The van der Waals surface area contributed by atoms with E-state index in [1.807, 2.05) is 0 Å². The fourth-order valence-corrected chi connectivity index (χ4v) is 6.88. The Kier molecular flexibility index (Phi) is 38.4. The van der Waals surface area contributed by atoms with Gasteiger partial charge >= 0.3 is 5.97 Å². The molecule has 1 aliphatic heterocycles. The second-order valence-corrected chi connectivity index (χ2v) is 16.2. The van der Waals surface area contributed by atoms with Gasteiger partial charge in [-0.2, -0.15) is 0 Å². The summed E-state index contributed by atoms with van der Waals surface area (Å²) in [5.41, 5.74) is 0. The molecule has 342 valence electrons. The lowest BCUT2D eigenvalue weighted by Crippen LogP contribution is -2.59. The van der Waals surface area contributed by atoms with Crippen LogP contribution in [0.5, 0.6) is 0 Å². The fourth-order valence-electron chi connectivity index (χ4n) is 6.88. The highest BCUT2D eigenvalue weighted by molar-refractivity contribution is 5.69. The van der Waals surface area contributed by atoms with Gasteiger partial charge in [-0.25, -0.2) is 0 Å². The zero-order valence-electron chi connectivity index (χ0n) is 37.5. The summed E-state index contributed by atoms with van der Waals surface area (Å²) in [4.78, 5) is 12.8. The number of allylic oxidation sites excluding steroid dienone is 10. The Morgan fingerprint density at radius 1 is 0.542 bits per heavy atom. The molecule has 4 N–H and O–H groups in total. The number of esters is 1. The van der Waals surface area contributed by atoms with Crippen molar-refractivity contribution in [3.05, 3.63) is 60.8 Å². The van der Waals surface area contributed by atoms with Crippen molar-refractivity contribution in [3.8, 4) is 0 Å². The Hall–Kier alpha value is -2.11. The molecule has 1 rings (SSSR count). The topological polar surface area (TPSA) is 135 Å². The van der Waals surface area contributed by atoms with Gasteiger partial charge in [-0.1, -0.05) is 158 Å². The SMILES string of the molecule is CCCCC/C=C\C/C=C\C/C=C\CCCCCCCCC(=O)OC(COCCCCCCCC/C=C\C/C=C\CCCCCC)COC1OC(CO)C(O)C(O)C1O. The summed E-state index contributed by atoms with van der Waals surface area (Å²) in [5.74, 6) is -0.331. The van der Waals surface area contributed by atoms with E-state index >= 15 is 0 Å². The Morgan fingerprint density at radius 2 is 0.983 bits per heavy atom. The highest BCUT2D eigenvalue weighted by Crippen LogP contribution is 2.22. The Labute approximate surface area is 360 Å². The van der Waals surface area contributed by atoms with Gasteiger partial charge < -0.3 is 39.4 Å². The Bertz CT molecular complexity index is 1080. The monoisotopic (exact) mass is 833 g/mol. The zero-order valence-corrected chi connectivity index (χ0v) is 37.5. The van der Waals surface area contributed by atoms with Crippen molar-refractivity contribution in [2.45, 2.75) is 224 Å². The van der Waals surface area contributed by atoms with Gasteiger partial charge in [-0.05, 0) is 83.5 Å². The van der Waals surface area contributed by atoms with Crippen LogP contribution in [-0.4, -0.2) is 89.6 Å². The largest absolute Gasteiger partial charge is 0.457 e. The highest BCUT2D eigenvalue weighted by atomic mass is 16.7. The van der Waals surface area contributed by atoms with Crippen molar-refractivity contribution in [2.75, 3.05) is 26.4 Å². The Balaban J connectivity index is 2.27. The van der Waals surface area contributed by atoms with Crippen molar-refractivity contribution >= 4 is 5.97 Å². The predicted octanol–water partition coefficient (Wildman–Crippen LogP) is 11.1. The van der Waals surface area contributed by atoms with Gasteiger partial charge in [0.25, 0.3) is 0 Å². The second-order valence-electron chi connectivity index (χ2n) is 16.2. The molecule has 0 aromatic carbocycles. The number of unbranched alkanes of at least 4 members (excludes halogenated alkanes) is 19. The minimum Gasteiger partial charge on any atom is -0.457 e. The summed E-state index contributed by atoms with van der Waals surface area (Å²) < 4.78 is 22.8. The molecule has 0 aromatic rings. The molecule has 6 unspecified atom stereocenters. The highest BCUT2D eigenvalue weighted by Gasteiger charge is 2.44. The molecule has 0 bridgehead atoms. The number of aliphatic hydroxyl groups excluding tert-OH is 4. The molecule has 1 saturated heterocycles. The van der Waals surface area contributed by atoms with Crippen molar-refractivity contribution < 1.29 is 44.2 Å². The number of ether oxygens (including phenoxy) is 4. The fraction of sp³-hybridized carbons (Fsp3) is 0.780. The van der Waals surface area contributed by atoms with Gasteiger partial charge in [0.2, 0.25) is 0 Å². The number of hydrogen-bond acceptors (Lipinski definition) is 9. The zero-order chi connectivity index (χ0) is 42.9. The van der Waals surface area contributed by atoms with E-state index in [0.29, 0.717) is 13.0 Å². The molecule has 6 atom stereocenters. The van der Waals surface area contributed by atoms with Crippen LogP contribution in [0, 0.1) is 0 Å². The molecule has 0 amide bonds. The quantitative estimate of drug-likeness (QED) is 0.0270. The first-order valence-electron chi connectivity index (χ1n) is 23.9. The second kappa shape index (κ2) is 41.3. The van der Waals surface area contributed by atoms with Crippen LogP contribution in [0.1, 0.15) is 187 Å². The van der Waals surface area contributed by atoms with Crippen molar-refractivity contribution in [1.82, 2.24) is 0 Å². The van der Waals surface area contributed by atoms with Crippen LogP contribution in [-0.2, 0) is 23.7 Å². The van der Waals surface area contributed by atoms with Crippen molar-refractivity contribution in [3.63, 3.8) is 0 Å². The number of carbonyl (C=O) groups excluding carboxylic acids is 1. The van der Waals surface area contributed by atoms with E-state index in [4.69, 9.17) is 18.9 Å². The molecule has 1 heterocycles. The third-order valence-corrected chi connectivity index (χ3v) is 10.7. The van der Waals surface area contributed by atoms with E-state index in [-0.39, 0.29) is 19.2 Å². The lowest BCUT2D eigenvalue weighted by atomic mass is 9.99. The van der Waals surface area contributed by atoms with E-state index in [1.54, 1.807) is 0 Å². The van der Waals surface area contributed by atoms with Crippen LogP contribution in [0.4, 0.5) is 0 Å². The van der Waals surface area contributed by atoms with Gasteiger partial charge in [0.05, 0.1) is 19.8 Å². The molecular weight excluding hydrogens is 745 g/mol. The first kappa shape index (κ1) is 54.9. The maximum Gasteiger partial charge on any atom is 0.306 e. The van der Waals surface area contributed by atoms with E-state index in [9.17, 15) is 25.2 Å². The number of carbonyl (C=O) groups is 1. The van der Waals surface area contributed by atoms with Crippen LogP contribution in [0.3, 0.4) is 0 Å². The van der Waals surface area contributed by atoms with Gasteiger partial charge in [-0.15, -0.1) is 0 Å². The molecule has 1 fully saturated rings. The van der Waals surface area contributed by atoms with Gasteiger partial charge in [0.1, 0.15) is 30.5 Å². The van der Waals surface area contributed by atoms with E-state index in [1.165, 1.54) is 89.9 Å². The van der Waals surface area contributed by atoms with Gasteiger partial charge in [0.15, 0.2) is 6.29 Å². The maximum atomic E-state index is 12.8. The average Bonchev–Trinajstić information content (AvgIpc) is 3.24. The molecule has 0 spiro atoms. The molecule has 0 aromatic heterocycles. The molecule has 59 heavy (non-hydrogen) atoms. The standard InChI is InChI=1S/C50H88O9/c1-3-5-7-9-11-13-15-17-19-21-22-23-25-27-29-31-33-35-37-39-46(52)58-44(43-57-50-49(55)48(54)47(53)45(41-51)59-50)42-56-40-38-36-34-32-30-28-26-24-20-18-16-14-12-10-8-6-4-2/h11,13-14,16-17,19-20,22-24,44-45,47-51,53-55H,3-10,12,15,18,21,25-43H2,1-2H3/b13-11-,16-14-,19-17-,23-22-,24-20-. The average molecular weight is 833 g/mol. The normalized spacial score (nSPS) is 20.7. The number of aliphatic hydroxyl groups is 4. The van der Waals surface area contributed by atoms with Crippen LogP contribution < -0.4 is 0 Å². The smallest absolute Gasteiger partial charge is 0.306 e. The Morgan fingerprint density at radius 3 is 1.51 bits per heavy atom. The molecule has 1 aliphatic rings. The minimum atomic E-state index is -1.54. The number of rotatable bonds is 40. The summed E-state index contributed by atoms with van der Waals surface area (Å²) in [6.45, 7) is 4.47. The molecule has 0 radical (unpaired) electrons. The van der Waals surface area contributed by atoms with Gasteiger partial charge in [-0.3, -0.25) is 4.79 Å². The van der Waals surface area contributed by atoms with Crippen LogP contribution in [0.25, 0.3) is 0 Å². The molecular formula is C50H88O9. The summed E-state index contributed by atoms with van der Waals surface area (Å²) in [6, 6.07) is 0. The van der Waals surface area contributed by atoms with E-state index in [2.05, 4.69) is 74.6 Å². The molecule has 9 heteroatoms. The first-order valence-corrected chi connectivity index (χ1v) is 23.9. The molecule has 0 aliphatic carbocycles. The lowest BCUT2D eigenvalue weighted by Gasteiger charge is -2.39. The minimum absolute atomic E-state index is 0.126. The molecule has 0 saturated carbocycles. The first-order chi connectivity index (χ1) is 28.9. The van der Waals surface area contributed by atoms with Crippen molar-refractivity contribution in [2.24, 2.45) is 0 Å². The van der Waals surface area contributed by atoms with Gasteiger partial charge in [0, 0.05) is 13.0 Å². The summed E-state index contributed by atoms with van der Waals surface area (Å²) in [7, 11) is 0. The summed E-state index contributed by atoms with van der Waals surface area (Å²) >= 11 is 0. The summed E-state index contributed by atoms with van der Waals surface area (Å²) in [5, 5.41) is 40.2. The summed E-state index contributed by atoms with van der Waals surface area (Å²) in [6.07, 6.45) is 45.2. The maximum absolute atomic E-state index is 12.8. The third kappa shape index (κ3) is 32.3. The van der Waals surface area contributed by atoms with Crippen LogP contribution >= 0.6 is 0 Å². The molecule has 9 nitrogen and oxygen atoms in total. The van der Waals surface area contributed by atoms with Crippen LogP contribution in [0.2, 0.25) is 0 Å². The number of hydrogen-bond donors (Lipinski definition) is 4. The van der Waals surface area contributed by atoms with E-state index in [0.717, 1.165) is 77.0 Å². The van der Waals surface area contributed by atoms with E-state index < -0.39 is 43.4 Å². The van der Waals surface area contributed by atoms with Crippen molar-refractivity contribution in [1.29, 1.82) is 0 Å². The third-order valence-electron chi connectivity index (χ3n) is 10.7. The predicted molar refractivity (Wildman–Crippen MR) is 242 cm³/mol.